The Morgan fingerprint density at radius 1 is 1.14 bits per heavy atom. The first-order valence-electron chi connectivity index (χ1n) is 7.58. The van der Waals surface area contributed by atoms with Crippen molar-refractivity contribution in [3.63, 3.8) is 0 Å². The molecule has 0 aliphatic carbocycles. The number of rotatable bonds is 11. The van der Waals surface area contributed by atoms with Crippen molar-refractivity contribution in [2.45, 2.75) is 32.8 Å². The predicted molar refractivity (Wildman–Crippen MR) is 84.7 cm³/mol. The van der Waals surface area contributed by atoms with E-state index < -0.39 is 0 Å². The summed E-state index contributed by atoms with van der Waals surface area (Å²) in [5, 5.41) is 9.44. The molecule has 0 amide bonds. The number of methoxy groups -OCH3 is 2. The predicted octanol–water partition coefficient (Wildman–Crippen LogP) is 2.02. The minimum absolute atomic E-state index is 0.0441. The fourth-order valence-electron chi connectivity index (χ4n) is 2.21. The number of anilines is 1. The van der Waals surface area contributed by atoms with E-state index in [1.807, 2.05) is 12.1 Å². The molecule has 21 heavy (non-hydrogen) atoms. The van der Waals surface area contributed by atoms with E-state index in [0.717, 1.165) is 56.0 Å². The van der Waals surface area contributed by atoms with E-state index in [2.05, 4.69) is 11.8 Å². The zero-order valence-electron chi connectivity index (χ0n) is 13.5. The summed E-state index contributed by atoms with van der Waals surface area (Å²) in [6.45, 7) is 5.21. The van der Waals surface area contributed by atoms with Crippen LogP contribution < -0.4 is 4.90 Å². The molecule has 5 heteroatoms. The van der Waals surface area contributed by atoms with Crippen molar-refractivity contribution in [3.05, 3.63) is 23.4 Å². The average Bonchev–Trinajstić information content (AvgIpc) is 2.50. The number of ether oxygens (including phenoxy) is 2. The number of aliphatic hydroxyl groups is 1. The van der Waals surface area contributed by atoms with Crippen molar-refractivity contribution in [2.75, 3.05) is 45.4 Å². The molecule has 0 aromatic carbocycles. The largest absolute Gasteiger partial charge is 0.392 e. The second kappa shape index (κ2) is 10.5. The van der Waals surface area contributed by atoms with Gasteiger partial charge in [0.1, 0.15) is 5.82 Å². The molecule has 0 atom stereocenters. The lowest BCUT2D eigenvalue weighted by Gasteiger charge is -2.24. The Morgan fingerprint density at radius 2 is 1.90 bits per heavy atom. The molecule has 1 rings (SSSR count). The van der Waals surface area contributed by atoms with Gasteiger partial charge in [0.05, 0.1) is 13.2 Å². The second-order valence-corrected chi connectivity index (χ2v) is 5.06. The minimum Gasteiger partial charge on any atom is -0.392 e. The van der Waals surface area contributed by atoms with Gasteiger partial charge in [-0.25, -0.2) is 4.98 Å². The van der Waals surface area contributed by atoms with Crippen LogP contribution in [0, 0.1) is 0 Å². The number of aryl methyl sites for hydroxylation is 1. The van der Waals surface area contributed by atoms with Gasteiger partial charge in [-0.15, -0.1) is 0 Å². The van der Waals surface area contributed by atoms with Crippen LogP contribution in [-0.2, 0) is 22.5 Å². The van der Waals surface area contributed by atoms with E-state index in [9.17, 15) is 5.11 Å². The summed E-state index contributed by atoms with van der Waals surface area (Å²) in [6.07, 6.45) is 2.91. The lowest BCUT2D eigenvalue weighted by atomic mass is 10.1. The Bertz CT molecular complexity index is 399. The van der Waals surface area contributed by atoms with Gasteiger partial charge in [-0.05, 0) is 30.5 Å². The zero-order chi connectivity index (χ0) is 15.5. The van der Waals surface area contributed by atoms with Crippen LogP contribution in [0.2, 0.25) is 0 Å². The molecule has 120 valence electrons. The standard InChI is InChI=1S/C16H28N2O3/c1-4-6-15-11-14(13-19)12-16(17-15)18(8-10-21-3)7-5-9-20-2/h11-12,19H,4-10,13H2,1-3H3. The molecular formula is C16H28N2O3. The Balaban J connectivity index is 2.89. The fourth-order valence-corrected chi connectivity index (χ4v) is 2.21. The third kappa shape index (κ3) is 6.42. The number of nitrogens with zero attached hydrogens (tertiary/aromatic N) is 2. The Hall–Kier alpha value is -1.17. The average molecular weight is 296 g/mol. The summed E-state index contributed by atoms with van der Waals surface area (Å²) >= 11 is 0. The maximum absolute atomic E-state index is 9.44. The summed E-state index contributed by atoms with van der Waals surface area (Å²) < 4.78 is 10.3. The maximum atomic E-state index is 9.44. The van der Waals surface area contributed by atoms with Crippen molar-refractivity contribution in [3.8, 4) is 0 Å². The van der Waals surface area contributed by atoms with Crippen LogP contribution in [0.5, 0.6) is 0 Å². The molecule has 0 spiro atoms. The van der Waals surface area contributed by atoms with Crippen LogP contribution in [0.3, 0.4) is 0 Å². The molecule has 1 aromatic heterocycles. The lowest BCUT2D eigenvalue weighted by molar-refractivity contribution is 0.191. The summed E-state index contributed by atoms with van der Waals surface area (Å²) in [4.78, 5) is 6.92. The van der Waals surface area contributed by atoms with Crippen LogP contribution in [0.1, 0.15) is 31.0 Å². The van der Waals surface area contributed by atoms with Gasteiger partial charge in [-0.1, -0.05) is 13.3 Å². The van der Waals surface area contributed by atoms with Gasteiger partial charge in [0, 0.05) is 39.6 Å². The third-order valence-corrected chi connectivity index (χ3v) is 3.28. The maximum Gasteiger partial charge on any atom is 0.129 e. The fraction of sp³-hybridized carbons (Fsp3) is 0.688. The molecule has 0 aliphatic heterocycles. The Morgan fingerprint density at radius 3 is 2.52 bits per heavy atom. The van der Waals surface area contributed by atoms with Gasteiger partial charge in [0.15, 0.2) is 0 Å². The quantitative estimate of drug-likeness (QED) is 0.633. The van der Waals surface area contributed by atoms with Crippen LogP contribution in [0.15, 0.2) is 12.1 Å². The third-order valence-electron chi connectivity index (χ3n) is 3.28. The van der Waals surface area contributed by atoms with Gasteiger partial charge in [0.25, 0.3) is 0 Å². The van der Waals surface area contributed by atoms with Gasteiger partial charge >= 0.3 is 0 Å². The van der Waals surface area contributed by atoms with Crippen molar-refractivity contribution < 1.29 is 14.6 Å². The first-order chi connectivity index (χ1) is 10.2. The van der Waals surface area contributed by atoms with E-state index in [1.165, 1.54) is 0 Å². The number of pyridine rings is 1. The lowest BCUT2D eigenvalue weighted by Crippen LogP contribution is -2.30. The monoisotopic (exact) mass is 296 g/mol. The van der Waals surface area contributed by atoms with Crippen LogP contribution >= 0.6 is 0 Å². The normalized spacial score (nSPS) is 10.9. The highest BCUT2D eigenvalue weighted by molar-refractivity contribution is 5.42. The highest BCUT2D eigenvalue weighted by atomic mass is 16.5. The highest BCUT2D eigenvalue weighted by Crippen LogP contribution is 2.17. The Kier molecular flexibility index (Phi) is 8.98. The van der Waals surface area contributed by atoms with Crippen molar-refractivity contribution >= 4 is 5.82 Å². The molecule has 1 heterocycles. The van der Waals surface area contributed by atoms with Crippen molar-refractivity contribution in [2.24, 2.45) is 0 Å². The SMILES string of the molecule is CCCc1cc(CO)cc(N(CCCOC)CCOC)n1. The van der Waals surface area contributed by atoms with Gasteiger partial charge in [-0.3, -0.25) is 0 Å². The summed E-state index contributed by atoms with van der Waals surface area (Å²) in [5.41, 5.74) is 1.95. The van der Waals surface area contributed by atoms with Crippen molar-refractivity contribution in [1.29, 1.82) is 0 Å². The van der Waals surface area contributed by atoms with E-state index in [4.69, 9.17) is 14.5 Å². The molecule has 0 fully saturated rings. The van der Waals surface area contributed by atoms with E-state index in [-0.39, 0.29) is 6.61 Å². The zero-order valence-corrected chi connectivity index (χ0v) is 13.5. The number of aromatic nitrogens is 1. The highest BCUT2D eigenvalue weighted by Gasteiger charge is 2.10. The molecule has 1 aromatic rings. The summed E-state index contributed by atoms with van der Waals surface area (Å²) in [7, 11) is 3.41. The molecule has 0 bridgehead atoms. The molecule has 0 saturated heterocycles. The van der Waals surface area contributed by atoms with Gasteiger partial charge in [0.2, 0.25) is 0 Å². The van der Waals surface area contributed by atoms with Crippen LogP contribution in [0.4, 0.5) is 5.82 Å². The van der Waals surface area contributed by atoms with E-state index in [1.54, 1.807) is 14.2 Å². The molecule has 1 N–H and O–H groups in total. The van der Waals surface area contributed by atoms with E-state index in [0.29, 0.717) is 6.61 Å². The number of aliphatic hydroxyl groups excluding tert-OH is 1. The number of hydrogen-bond donors (Lipinski definition) is 1. The van der Waals surface area contributed by atoms with Crippen LogP contribution in [0.25, 0.3) is 0 Å². The minimum atomic E-state index is 0.0441. The molecule has 0 radical (unpaired) electrons. The molecule has 0 saturated carbocycles. The topological polar surface area (TPSA) is 54.8 Å². The molecule has 0 aliphatic rings. The molecule has 0 unspecified atom stereocenters. The smallest absolute Gasteiger partial charge is 0.129 e. The molecular weight excluding hydrogens is 268 g/mol. The van der Waals surface area contributed by atoms with Gasteiger partial charge in [-0.2, -0.15) is 0 Å². The van der Waals surface area contributed by atoms with Crippen molar-refractivity contribution in [1.82, 2.24) is 4.98 Å². The number of hydrogen-bond acceptors (Lipinski definition) is 5. The summed E-state index contributed by atoms with van der Waals surface area (Å²) in [6, 6.07) is 3.94. The molecule has 5 nitrogen and oxygen atoms in total. The van der Waals surface area contributed by atoms with Crippen LogP contribution in [-0.4, -0.2) is 50.6 Å². The summed E-state index contributed by atoms with van der Waals surface area (Å²) in [5.74, 6) is 0.915. The Labute approximate surface area is 127 Å². The first-order valence-corrected chi connectivity index (χ1v) is 7.58. The second-order valence-electron chi connectivity index (χ2n) is 5.06. The van der Waals surface area contributed by atoms with Gasteiger partial charge < -0.3 is 19.5 Å². The first kappa shape index (κ1) is 17.9. The van der Waals surface area contributed by atoms with E-state index >= 15 is 0 Å².